The van der Waals surface area contributed by atoms with Gasteiger partial charge < -0.3 is 19.5 Å². The molecule has 1 unspecified atom stereocenters. The highest BCUT2D eigenvalue weighted by molar-refractivity contribution is 7.15. The van der Waals surface area contributed by atoms with E-state index in [9.17, 15) is 9.59 Å². The molecule has 172 valence electrons. The second kappa shape index (κ2) is 9.06. The third-order valence-corrected chi connectivity index (χ3v) is 7.95. The van der Waals surface area contributed by atoms with Gasteiger partial charge in [-0.25, -0.2) is 9.59 Å². The second-order valence-corrected chi connectivity index (χ2v) is 9.63. The normalized spacial score (nSPS) is 16.9. The zero-order chi connectivity index (χ0) is 22.9. The molecule has 0 fully saturated rings. The number of nitrogens with one attached hydrogen (secondary N) is 1. The maximum Gasteiger partial charge on any atom is 0.340 e. The van der Waals surface area contributed by atoms with E-state index < -0.39 is 5.97 Å². The van der Waals surface area contributed by atoms with Crippen molar-refractivity contribution in [2.45, 2.75) is 58.5 Å². The Morgan fingerprint density at radius 2 is 1.91 bits per heavy atom. The number of para-hydroxylation sites is 1. The fraction of sp³-hybridized carbons (Fsp3) is 0.385. The molecule has 1 aliphatic heterocycles. The first-order chi connectivity index (χ1) is 16.1. The van der Waals surface area contributed by atoms with Gasteiger partial charge in [0.2, 0.25) is 0 Å². The predicted octanol–water partition coefficient (Wildman–Crippen LogP) is 6.09. The number of fused-ring (bicyclic) bond motifs is 5. The molecule has 2 aliphatic rings. The summed E-state index contributed by atoms with van der Waals surface area (Å²) < 4.78 is 7.47. The van der Waals surface area contributed by atoms with Crippen LogP contribution >= 0.6 is 11.3 Å². The topological polar surface area (TPSA) is 63.6 Å². The number of anilines is 1. The summed E-state index contributed by atoms with van der Waals surface area (Å²) in [6, 6.07) is 11.0. The molecule has 0 saturated heterocycles. The van der Waals surface area contributed by atoms with E-state index in [0.717, 1.165) is 25.0 Å². The lowest BCUT2D eigenvalue weighted by atomic mass is 9.95. The Hall–Kier alpha value is -3.06. The lowest BCUT2D eigenvalue weighted by Gasteiger charge is -2.30. The number of rotatable bonds is 4. The number of amides is 2. The first-order valence-electron chi connectivity index (χ1n) is 11.8. The second-order valence-electron chi connectivity index (χ2n) is 8.55. The van der Waals surface area contributed by atoms with E-state index in [2.05, 4.69) is 35.1 Å². The number of carbonyl (C=O) groups is 2. The number of urea groups is 1. The van der Waals surface area contributed by atoms with Crippen LogP contribution < -0.4 is 5.32 Å². The van der Waals surface area contributed by atoms with E-state index in [1.807, 2.05) is 22.3 Å². The largest absolute Gasteiger partial charge is 0.462 e. The van der Waals surface area contributed by atoms with Gasteiger partial charge in [0.05, 0.1) is 30.4 Å². The molecule has 6 nitrogen and oxygen atoms in total. The van der Waals surface area contributed by atoms with Gasteiger partial charge in [-0.05, 0) is 68.9 Å². The van der Waals surface area contributed by atoms with Gasteiger partial charge in [-0.1, -0.05) is 19.1 Å². The molecule has 0 bridgehead atoms. The van der Waals surface area contributed by atoms with Crippen molar-refractivity contribution < 1.29 is 14.3 Å². The number of ether oxygens (including phenoxy) is 1. The van der Waals surface area contributed by atoms with E-state index in [-0.39, 0.29) is 18.7 Å². The minimum absolute atomic E-state index is 0.0615. The fourth-order valence-electron chi connectivity index (χ4n) is 5.07. The fourth-order valence-corrected chi connectivity index (χ4v) is 6.48. The van der Waals surface area contributed by atoms with Gasteiger partial charge in [-0.3, -0.25) is 0 Å². The number of hydrogen-bond acceptors (Lipinski definition) is 4. The molecule has 1 N–H and O–H groups in total. The molecule has 1 aromatic carbocycles. The van der Waals surface area contributed by atoms with Crippen LogP contribution in [0.1, 0.15) is 71.2 Å². The van der Waals surface area contributed by atoms with Crippen LogP contribution in [-0.4, -0.2) is 28.1 Å². The van der Waals surface area contributed by atoms with Crippen molar-refractivity contribution in [3.8, 4) is 5.00 Å². The van der Waals surface area contributed by atoms with Crippen LogP contribution in [0.25, 0.3) is 5.00 Å². The predicted molar refractivity (Wildman–Crippen MR) is 130 cm³/mol. The van der Waals surface area contributed by atoms with Crippen molar-refractivity contribution in [3.05, 3.63) is 69.9 Å². The van der Waals surface area contributed by atoms with Crippen LogP contribution in [0.2, 0.25) is 0 Å². The smallest absolute Gasteiger partial charge is 0.340 e. The lowest BCUT2D eigenvalue weighted by Crippen LogP contribution is -2.37. The number of benzene rings is 1. The molecule has 0 spiro atoms. The number of nitrogens with zero attached hydrogens (tertiary/aromatic N) is 2. The quantitative estimate of drug-likeness (QED) is 0.476. The summed E-state index contributed by atoms with van der Waals surface area (Å²) in [4.78, 5) is 29.5. The summed E-state index contributed by atoms with van der Waals surface area (Å²) in [5.74, 6) is -0.431. The van der Waals surface area contributed by atoms with Gasteiger partial charge in [-0.15, -0.1) is 11.3 Å². The molecular weight excluding hydrogens is 434 g/mol. The van der Waals surface area contributed by atoms with Gasteiger partial charge in [0.25, 0.3) is 0 Å². The molecule has 2 amide bonds. The van der Waals surface area contributed by atoms with Crippen LogP contribution in [0.15, 0.2) is 42.6 Å². The van der Waals surface area contributed by atoms with Gasteiger partial charge in [0.15, 0.2) is 0 Å². The molecule has 3 aromatic rings. The SMILES string of the molecule is CCOC(=O)c1ccccc1NC(=O)N1Cc2c(sc3c2CCCC3)-n2cccc2C1CC. The highest BCUT2D eigenvalue weighted by Crippen LogP contribution is 2.43. The molecule has 5 rings (SSSR count). The van der Waals surface area contributed by atoms with Crippen molar-refractivity contribution in [3.63, 3.8) is 0 Å². The molecule has 0 radical (unpaired) electrons. The molecule has 3 heterocycles. The Kier molecular flexibility index (Phi) is 5.98. The Morgan fingerprint density at radius 1 is 1.09 bits per heavy atom. The molecule has 33 heavy (non-hydrogen) atoms. The number of carbonyl (C=O) groups excluding carboxylic acids is 2. The molecule has 1 aliphatic carbocycles. The number of aryl methyl sites for hydroxylation is 1. The Labute approximate surface area is 198 Å². The molecule has 0 saturated carbocycles. The minimum Gasteiger partial charge on any atom is -0.462 e. The van der Waals surface area contributed by atoms with Crippen LogP contribution in [0.3, 0.4) is 0 Å². The first kappa shape index (κ1) is 21.8. The highest BCUT2D eigenvalue weighted by atomic mass is 32.1. The van der Waals surface area contributed by atoms with Gasteiger partial charge >= 0.3 is 12.0 Å². The van der Waals surface area contributed by atoms with Crippen molar-refractivity contribution in [1.29, 1.82) is 0 Å². The standard InChI is InChI=1S/C26H29N3O3S/c1-3-21-22-13-9-15-28(22)24-19(17-10-6-8-14-23(17)33-24)16-29(21)26(31)27-20-12-7-5-11-18(20)25(30)32-4-2/h5,7,9,11-13,15,21H,3-4,6,8,10,14,16H2,1-2H3,(H,27,31). The van der Waals surface area contributed by atoms with Crippen molar-refractivity contribution in [2.75, 3.05) is 11.9 Å². The minimum atomic E-state index is -0.431. The van der Waals surface area contributed by atoms with E-state index in [1.165, 1.54) is 33.8 Å². The Morgan fingerprint density at radius 3 is 2.73 bits per heavy atom. The molecular formula is C26H29N3O3S. The lowest BCUT2D eigenvalue weighted by molar-refractivity contribution is 0.0527. The molecule has 1 atom stereocenters. The van der Waals surface area contributed by atoms with E-state index >= 15 is 0 Å². The maximum absolute atomic E-state index is 13.7. The summed E-state index contributed by atoms with van der Waals surface area (Å²) in [6.45, 7) is 4.74. The van der Waals surface area contributed by atoms with Crippen molar-refractivity contribution in [1.82, 2.24) is 9.47 Å². The first-order valence-corrected chi connectivity index (χ1v) is 12.6. The van der Waals surface area contributed by atoms with E-state index in [4.69, 9.17) is 4.74 Å². The van der Waals surface area contributed by atoms with Gasteiger partial charge in [0.1, 0.15) is 5.00 Å². The zero-order valence-electron chi connectivity index (χ0n) is 19.1. The van der Waals surface area contributed by atoms with Crippen LogP contribution in [-0.2, 0) is 24.1 Å². The van der Waals surface area contributed by atoms with Crippen LogP contribution in [0.5, 0.6) is 0 Å². The summed E-state index contributed by atoms with van der Waals surface area (Å²) in [6.07, 6.45) is 7.56. The van der Waals surface area contributed by atoms with E-state index in [0.29, 0.717) is 17.8 Å². The average molecular weight is 464 g/mol. The number of esters is 1. The Balaban J connectivity index is 1.53. The average Bonchev–Trinajstić information content (AvgIpc) is 3.41. The Bertz CT molecular complexity index is 1200. The monoisotopic (exact) mass is 463 g/mol. The highest BCUT2D eigenvalue weighted by Gasteiger charge is 2.34. The summed E-state index contributed by atoms with van der Waals surface area (Å²) >= 11 is 1.88. The summed E-state index contributed by atoms with van der Waals surface area (Å²) in [7, 11) is 0. The van der Waals surface area contributed by atoms with E-state index in [1.54, 1.807) is 25.1 Å². The zero-order valence-corrected chi connectivity index (χ0v) is 19.9. The van der Waals surface area contributed by atoms with Crippen LogP contribution in [0, 0.1) is 0 Å². The molecule has 7 heteroatoms. The molecule has 2 aromatic heterocycles. The van der Waals surface area contributed by atoms with Gasteiger partial charge in [-0.2, -0.15) is 0 Å². The van der Waals surface area contributed by atoms with Crippen LogP contribution in [0.4, 0.5) is 10.5 Å². The third kappa shape index (κ3) is 3.84. The van der Waals surface area contributed by atoms with Crippen molar-refractivity contribution in [2.24, 2.45) is 0 Å². The summed E-state index contributed by atoms with van der Waals surface area (Å²) in [5, 5.41) is 4.27. The number of thiophene rings is 1. The summed E-state index contributed by atoms with van der Waals surface area (Å²) in [5.41, 5.74) is 4.68. The number of aromatic nitrogens is 1. The number of hydrogen-bond donors (Lipinski definition) is 1. The maximum atomic E-state index is 13.7. The van der Waals surface area contributed by atoms with Gasteiger partial charge in [0, 0.05) is 22.3 Å². The third-order valence-electron chi connectivity index (χ3n) is 6.62. The van der Waals surface area contributed by atoms with Crippen molar-refractivity contribution >= 4 is 29.0 Å².